The van der Waals surface area contributed by atoms with Gasteiger partial charge in [0.25, 0.3) is 0 Å². The highest BCUT2D eigenvalue weighted by Gasteiger charge is 2.17. The first-order valence-electron chi connectivity index (χ1n) is 6.42. The molecular weight excluding hydrogens is 272 g/mol. The Balaban J connectivity index is 1.86. The molecule has 1 aliphatic rings. The van der Waals surface area contributed by atoms with E-state index in [1.54, 1.807) is 0 Å². The quantitative estimate of drug-likeness (QED) is 0.652. The second kappa shape index (κ2) is 4.89. The summed E-state index contributed by atoms with van der Waals surface area (Å²) in [5, 5.41) is 13.7. The summed E-state index contributed by atoms with van der Waals surface area (Å²) in [6, 6.07) is 5.98. The van der Waals surface area contributed by atoms with Crippen molar-refractivity contribution in [2.24, 2.45) is 0 Å². The number of fused-ring (bicyclic) bond motifs is 1. The molecule has 0 saturated heterocycles. The van der Waals surface area contributed by atoms with Gasteiger partial charge in [-0.15, -0.1) is 0 Å². The van der Waals surface area contributed by atoms with Gasteiger partial charge in [0.1, 0.15) is 6.20 Å². The third-order valence-corrected chi connectivity index (χ3v) is 3.46. The number of aromatic nitrogens is 2. The Kier molecular flexibility index (Phi) is 3.05. The van der Waals surface area contributed by atoms with Crippen LogP contribution in [0.3, 0.4) is 0 Å². The summed E-state index contributed by atoms with van der Waals surface area (Å²) in [7, 11) is 2.04. The maximum absolute atomic E-state index is 10.7. The molecule has 2 aromatic rings. The van der Waals surface area contributed by atoms with Gasteiger partial charge in [-0.05, 0) is 24.1 Å². The van der Waals surface area contributed by atoms with Crippen molar-refractivity contribution in [3.63, 3.8) is 0 Å². The first kappa shape index (κ1) is 13.1. The van der Waals surface area contributed by atoms with Gasteiger partial charge in [-0.3, -0.25) is 10.1 Å². The smallest absolute Gasteiger partial charge is 0.329 e. The third-order valence-electron chi connectivity index (χ3n) is 3.46. The highest BCUT2D eigenvalue weighted by atomic mass is 16.6. The molecule has 0 spiro atoms. The van der Waals surface area contributed by atoms with E-state index in [1.807, 2.05) is 19.2 Å². The lowest BCUT2D eigenvalue weighted by Gasteiger charge is -2.13. The van der Waals surface area contributed by atoms with Gasteiger partial charge in [0, 0.05) is 25.0 Å². The summed E-state index contributed by atoms with van der Waals surface area (Å²) >= 11 is 0. The SMILES string of the molecule is CN1CCc2ccc(Nc3ncc([N+](=O)[O-])c(N)n3)cc21. The van der Waals surface area contributed by atoms with Crippen LogP contribution in [0.1, 0.15) is 5.56 Å². The Bertz CT molecular complexity index is 718. The molecule has 8 nitrogen and oxygen atoms in total. The number of hydrogen-bond donors (Lipinski definition) is 2. The lowest BCUT2D eigenvalue weighted by Crippen LogP contribution is -2.12. The van der Waals surface area contributed by atoms with Gasteiger partial charge >= 0.3 is 5.69 Å². The Morgan fingerprint density at radius 2 is 2.29 bits per heavy atom. The van der Waals surface area contributed by atoms with Gasteiger partial charge in [0.15, 0.2) is 0 Å². The summed E-state index contributed by atoms with van der Waals surface area (Å²) in [6.45, 7) is 1.000. The molecule has 0 saturated carbocycles. The molecule has 0 bridgehead atoms. The molecule has 2 heterocycles. The minimum atomic E-state index is -0.608. The Hall–Kier alpha value is -2.90. The molecule has 21 heavy (non-hydrogen) atoms. The van der Waals surface area contributed by atoms with Crippen molar-refractivity contribution in [1.29, 1.82) is 0 Å². The van der Waals surface area contributed by atoms with Crippen LogP contribution < -0.4 is 16.0 Å². The van der Waals surface area contributed by atoms with Crippen LogP contribution in [0.15, 0.2) is 24.4 Å². The Morgan fingerprint density at radius 3 is 3.00 bits per heavy atom. The molecule has 0 radical (unpaired) electrons. The summed E-state index contributed by atoms with van der Waals surface area (Å²) in [4.78, 5) is 20.1. The molecule has 3 N–H and O–H groups in total. The summed E-state index contributed by atoms with van der Waals surface area (Å²) in [6.07, 6.45) is 2.14. The highest BCUT2D eigenvalue weighted by molar-refractivity contribution is 5.68. The molecule has 0 amide bonds. The van der Waals surface area contributed by atoms with Crippen LogP contribution >= 0.6 is 0 Å². The maximum Gasteiger partial charge on any atom is 0.329 e. The van der Waals surface area contributed by atoms with Crippen LogP contribution in [-0.2, 0) is 6.42 Å². The number of nitrogen functional groups attached to an aromatic ring is 1. The van der Waals surface area contributed by atoms with E-state index < -0.39 is 4.92 Å². The number of nitrogens with one attached hydrogen (secondary N) is 1. The van der Waals surface area contributed by atoms with Crippen molar-refractivity contribution in [1.82, 2.24) is 9.97 Å². The summed E-state index contributed by atoms with van der Waals surface area (Å²) < 4.78 is 0. The van der Waals surface area contributed by atoms with Crippen LogP contribution in [0.4, 0.5) is 28.8 Å². The van der Waals surface area contributed by atoms with E-state index in [4.69, 9.17) is 5.73 Å². The molecule has 0 unspecified atom stereocenters. The van der Waals surface area contributed by atoms with Gasteiger partial charge in [-0.2, -0.15) is 4.98 Å². The average molecular weight is 286 g/mol. The van der Waals surface area contributed by atoms with Crippen LogP contribution in [0.5, 0.6) is 0 Å². The van der Waals surface area contributed by atoms with Crippen molar-refractivity contribution < 1.29 is 4.92 Å². The molecule has 108 valence electrons. The van der Waals surface area contributed by atoms with Crippen molar-refractivity contribution in [2.45, 2.75) is 6.42 Å². The van der Waals surface area contributed by atoms with Crippen LogP contribution in [-0.4, -0.2) is 28.5 Å². The number of nitrogens with two attached hydrogens (primary N) is 1. The third kappa shape index (κ3) is 2.42. The van der Waals surface area contributed by atoms with Crippen LogP contribution in [0.2, 0.25) is 0 Å². The van der Waals surface area contributed by atoms with E-state index in [0.29, 0.717) is 0 Å². The predicted octanol–water partition coefficient (Wildman–Crippen LogP) is 1.70. The Morgan fingerprint density at radius 1 is 1.48 bits per heavy atom. The number of nitro groups is 1. The molecule has 0 atom stereocenters. The van der Waals surface area contributed by atoms with Crippen LogP contribution in [0.25, 0.3) is 0 Å². The molecular formula is C13H14N6O2. The molecule has 1 aromatic heterocycles. The number of nitrogens with zero attached hydrogens (tertiary/aromatic N) is 4. The van der Waals surface area contributed by atoms with Gasteiger partial charge in [0.2, 0.25) is 11.8 Å². The Labute approximate surface area is 120 Å². The van der Waals surface area contributed by atoms with Crippen molar-refractivity contribution >= 4 is 28.8 Å². The number of benzene rings is 1. The standard InChI is InChI=1S/C13H14N6O2/c1-18-5-4-8-2-3-9(6-10(8)18)16-13-15-7-11(19(20)21)12(14)17-13/h2-3,6-7H,4-5H2,1H3,(H3,14,15,16,17). The summed E-state index contributed by atoms with van der Waals surface area (Å²) in [5.74, 6) is 0.0782. The molecule has 8 heteroatoms. The topological polar surface area (TPSA) is 110 Å². The summed E-state index contributed by atoms with van der Waals surface area (Å²) in [5.41, 5.74) is 8.53. The first-order valence-corrected chi connectivity index (χ1v) is 6.42. The monoisotopic (exact) mass is 286 g/mol. The zero-order valence-electron chi connectivity index (χ0n) is 11.4. The second-order valence-electron chi connectivity index (χ2n) is 4.86. The fourth-order valence-corrected chi connectivity index (χ4v) is 2.34. The first-order chi connectivity index (χ1) is 10.0. The van der Waals surface area contributed by atoms with Crippen LogP contribution in [0, 0.1) is 10.1 Å². The van der Waals surface area contributed by atoms with Gasteiger partial charge < -0.3 is 16.0 Å². The van der Waals surface area contributed by atoms with E-state index in [2.05, 4.69) is 26.3 Å². The maximum atomic E-state index is 10.7. The van der Waals surface area contributed by atoms with E-state index >= 15 is 0 Å². The fourth-order valence-electron chi connectivity index (χ4n) is 2.34. The number of anilines is 4. The van der Waals surface area contributed by atoms with Gasteiger partial charge in [-0.1, -0.05) is 6.07 Å². The molecule has 0 aliphatic carbocycles. The molecule has 1 aromatic carbocycles. The van der Waals surface area contributed by atoms with Crippen molar-refractivity contribution in [3.05, 3.63) is 40.1 Å². The van der Waals surface area contributed by atoms with E-state index in [-0.39, 0.29) is 17.5 Å². The minimum absolute atomic E-state index is 0.157. The predicted molar refractivity (Wildman–Crippen MR) is 79.8 cm³/mol. The molecule has 0 fully saturated rings. The van der Waals surface area contributed by atoms with E-state index in [0.717, 1.165) is 30.5 Å². The van der Waals surface area contributed by atoms with E-state index in [9.17, 15) is 10.1 Å². The average Bonchev–Trinajstić information content (AvgIpc) is 2.80. The number of likely N-dealkylation sites (N-methyl/N-ethyl adjacent to an activating group) is 1. The molecule has 1 aliphatic heterocycles. The van der Waals surface area contributed by atoms with E-state index in [1.165, 1.54) is 5.56 Å². The minimum Gasteiger partial charge on any atom is -0.378 e. The van der Waals surface area contributed by atoms with Crippen molar-refractivity contribution in [3.8, 4) is 0 Å². The fraction of sp³-hybridized carbons (Fsp3) is 0.231. The van der Waals surface area contributed by atoms with Gasteiger partial charge in [-0.25, -0.2) is 4.98 Å². The zero-order valence-corrected chi connectivity index (χ0v) is 11.4. The normalized spacial score (nSPS) is 13.1. The lowest BCUT2D eigenvalue weighted by molar-refractivity contribution is -0.384. The largest absolute Gasteiger partial charge is 0.378 e. The number of hydrogen-bond acceptors (Lipinski definition) is 7. The second-order valence-corrected chi connectivity index (χ2v) is 4.86. The molecule has 3 rings (SSSR count). The van der Waals surface area contributed by atoms with Gasteiger partial charge in [0.05, 0.1) is 4.92 Å². The van der Waals surface area contributed by atoms with Crippen molar-refractivity contribution in [2.75, 3.05) is 29.5 Å². The lowest BCUT2D eigenvalue weighted by atomic mass is 10.1. The zero-order chi connectivity index (χ0) is 15.0. The highest BCUT2D eigenvalue weighted by Crippen LogP contribution is 2.30. The number of rotatable bonds is 3.